The summed E-state index contributed by atoms with van der Waals surface area (Å²) in [5.74, 6) is -1.28. The van der Waals surface area contributed by atoms with Crippen molar-refractivity contribution in [2.75, 3.05) is 0 Å². The molecule has 0 saturated carbocycles. The zero-order valence-corrected chi connectivity index (χ0v) is 10.5. The predicted octanol–water partition coefficient (Wildman–Crippen LogP) is 3.31. The Kier molecular flexibility index (Phi) is 2.82. The molecule has 0 radical (unpaired) electrons. The minimum absolute atomic E-state index is 0.132. The van der Waals surface area contributed by atoms with E-state index in [2.05, 4.69) is 4.98 Å². The van der Waals surface area contributed by atoms with Gasteiger partial charge in [-0.3, -0.25) is 0 Å². The van der Waals surface area contributed by atoms with Crippen LogP contribution in [0, 0.1) is 18.6 Å². The Labute approximate surface area is 109 Å². The van der Waals surface area contributed by atoms with Crippen LogP contribution in [0.5, 0.6) is 0 Å². The normalized spacial score (nSPS) is 17.6. The summed E-state index contributed by atoms with van der Waals surface area (Å²) in [6, 6.07) is 5.42. The standard InChI is InChI=1S/C15H13F2NO/c1-8-7-12(14-10(16)3-2-4-11(14)17)18-15-9(8)5-6-13(15)19/h2-4,7,13,19H,5-6H2,1H3/t13-/m0/s1. The number of hydrogen-bond donors (Lipinski definition) is 1. The summed E-state index contributed by atoms with van der Waals surface area (Å²) in [5, 5.41) is 9.87. The minimum Gasteiger partial charge on any atom is -0.387 e. The van der Waals surface area contributed by atoms with Gasteiger partial charge in [0.15, 0.2) is 0 Å². The maximum atomic E-state index is 13.8. The third kappa shape index (κ3) is 1.92. The third-order valence-corrected chi connectivity index (χ3v) is 3.58. The van der Waals surface area contributed by atoms with E-state index in [4.69, 9.17) is 0 Å². The molecule has 1 aliphatic rings. The van der Waals surface area contributed by atoms with Gasteiger partial charge in [0.1, 0.15) is 11.6 Å². The molecule has 0 bridgehead atoms. The highest BCUT2D eigenvalue weighted by molar-refractivity contribution is 5.63. The highest BCUT2D eigenvalue weighted by atomic mass is 19.1. The topological polar surface area (TPSA) is 33.1 Å². The Hall–Kier alpha value is -1.81. The van der Waals surface area contributed by atoms with Gasteiger partial charge < -0.3 is 5.11 Å². The summed E-state index contributed by atoms with van der Waals surface area (Å²) >= 11 is 0. The molecule has 1 aromatic heterocycles. The van der Waals surface area contributed by atoms with Crippen LogP contribution < -0.4 is 0 Å². The average Bonchev–Trinajstić information content (AvgIpc) is 2.72. The van der Waals surface area contributed by atoms with Gasteiger partial charge >= 0.3 is 0 Å². The number of rotatable bonds is 1. The maximum Gasteiger partial charge on any atom is 0.135 e. The number of hydrogen-bond acceptors (Lipinski definition) is 2. The fourth-order valence-corrected chi connectivity index (χ4v) is 2.61. The first-order chi connectivity index (χ1) is 9.08. The van der Waals surface area contributed by atoms with Crippen molar-refractivity contribution < 1.29 is 13.9 Å². The van der Waals surface area contributed by atoms with Crippen molar-refractivity contribution in [2.45, 2.75) is 25.9 Å². The van der Waals surface area contributed by atoms with Gasteiger partial charge in [-0.2, -0.15) is 0 Å². The summed E-state index contributed by atoms with van der Waals surface area (Å²) in [4.78, 5) is 4.26. The molecule has 0 unspecified atom stereocenters. The highest BCUT2D eigenvalue weighted by Gasteiger charge is 2.25. The fraction of sp³-hybridized carbons (Fsp3) is 0.267. The number of aryl methyl sites for hydroxylation is 1. The lowest BCUT2D eigenvalue weighted by molar-refractivity contribution is 0.176. The van der Waals surface area contributed by atoms with Gasteiger partial charge in [0, 0.05) is 0 Å². The first-order valence-electron chi connectivity index (χ1n) is 6.21. The zero-order valence-electron chi connectivity index (χ0n) is 10.5. The van der Waals surface area contributed by atoms with E-state index >= 15 is 0 Å². The summed E-state index contributed by atoms with van der Waals surface area (Å²) in [6.45, 7) is 1.88. The molecule has 0 saturated heterocycles. The van der Waals surface area contributed by atoms with E-state index in [1.54, 1.807) is 6.07 Å². The molecule has 4 heteroatoms. The molecule has 0 aliphatic heterocycles. The Balaban J connectivity index is 2.22. The van der Waals surface area contributed by atoms with Crippen molar-refractivity contribution in [1.82, 2.24) is 4.98 Å². The molecule has 1 N–H and O–H groups in total. The number of halogens is 2. The summed E-state index contributed by atoms with van der Waals surface area (Å²) < 4.78 is 27.5. The number of aliphatic hydroxyl groups is 1. The zero-order chi connectivity index (χ0) is 13.6. The molecule has 0 fully saturated rings. The van der Waals surface area contributed by atoms with Crippen LogP contribution in [0.4, 0.5) is 8.78 Å². The molecule has 0 spiro atoms. The van der Waals surface area contributed by atoms with Gasteiger partial charge in [0.05, 0.1) is 23.1 Å². The number of aromatic nitrogens is 1. The first-order valence-corrected chi connectivity index (χ1v) is 6.21. The van der Waals surface area contributed by atoms with Gasteiger partial charge in [0.2, 0.25) is 0 Å². The molecule has 1 atom stereocenters. The van der Waals surface area contributed by atoms with E-state index in [9.17, 15) is 13.9 Å². The number of fused-ring (bicyclic) bond motifs is 1. The molecular formula is C15H13F2NO. The number of aliphatic hydroxyl groups excluding tert-OH is 1. The SMILES string of the molecule is Cc1cc(-c2c(F)cccc2F)nc2c1CC[C@@H]2O. The van der Waals surface area contributed by atoms with Crippen molar-refractivity contribution >= 4 is 0 Å². The monoisotopic (exact) mass is 261 g/mol. The smallest absolute Gasteiger partial charge is 0.135 e. The lowest BCUT2D eigenvalue weighted by Gasteiger charge is -2.11. The van der Waals surface area contributed by atoms with Crippen LogP contribution in [-0.4, -0.2) is 10.1 Å². The average molecular weight is 261 g/mol. The third-order valence-electron chi connectivity index (χ3n) is 3.58. The van der Waals surface area contributed by atoms with Crippen molar-refractivity contribution in [2.24, 2.45) is 0 Å². The van der Waals surface area contributed by atoms with E-state index in [1.807, 2.05) is 6.92 Å². The van der Waals surface area contributed by atoms with Gasteiger partial charge in [0.25, 0.3) is 0 Å². The number of nitrogens with zero attached hydrogens (tertiary/aromatic N) is 1. The van der Waals surface area contributed by atoms with Gasteiger partial charge in [-0.1, -0.05) is 6.07 Å². The second kappa shape index (κ2) is 4.38. The Morgan fingerprint density at radius 2 is 1.95 bits per heavy atom. The van der Waals surface area contributed by atoms with E-state index in [-0.39, 0.29) is 11.3 Å². The van der Waals surface area contributed by atoms with Crippen molar-refractivity contribution in [1.29, 1.82) is 0 Å². The predicted molar refractivity (Wildman–Crippen MR) is 67.6 cm³/mol. The molecule has 2 aromatic rings. The largest absolute Gasteiger partial charge is 0.387 e. The van der Waals surface area contributed by atoms with E-state index in [0.29, 0.717) is 12.1 Å². The highest BCUT2D eigenvalue weighted by Crippen LogP contribution is 2.35. The molecule has 1 aliphatic carbocycles. The lowest BCUT2D eigenvalue weighted by Crippen LogP contribution is -2.01. The van der Waals surface area contributed by atoms with E-state index in [1.165, 1.54) is 18.2 Å². The van der Waals surface area contributed by atoms with Gasteiger partial charge in [-0.15, -0.1) is 0 Å². The molecule has 2 nitrogen and oxygen atoms in total. The van der Waals surface area contributed by atoms with Crippen LogP contribution in [0.2, 0.25) is 0 Å². The molecule has 3 rings (SSSR count). The summed E-state index contributed by atoms with van der Waals surface area (Å²) in [5.41, 5.74) is 2.57. The maximum absolute atomic E-state index is 13.8. The van der Waals surface area contributed by atoms with Gasteiger partial charge in [-0.25, -0.2) is 13.8 Å². The van der Waals surface area contributed by atoms with E-state index in [0.717, 1.165) is 17.5 Å². The molecule has 1 aromatic carbocycles. The minimum atomic E-state index is -0.640. The molecule has 98 valence electrons. The Morgan fingerprint density at radius 3 is 2.63 bits per heavy atom. The van der Waals surface area contributed by atoms with Crippen LogP contribution in [0.3, 0.4) is 0 Å². The van der Waals surface area contributed by atoms with Crippen molar-refractivity contribution in [3.8, 4) is 11.3 Å². The van der Waals surface area contributed by atoms with Crippen molar-refractivity contribution in [3.05, 3.63) is 52.7 Å². The second-order valence-electron chi connectivity index (χ2n) is 4.84. The lowest BCUT2D eigenvalue weighted by atomic mass is 10.0. The van der Waals surface area contributed by atoms with Crippen LogP contribution in [-0.2, 0) is 6.42 Å². The molecule has 0 amide bonds. The second-order valence-corrected chi connectivity index (χ2v) is 4.84. The van der Waals surface area contributed by atoms with E-state index < -0.39 is 17.7 Å². The van der Waals surface area contributed by atoms with Crippen LogP contribution in [0.15, 0.2) is 24.3 Å². The fourth-order valence-electron chi connectivity index (χ4n) is 2.61. The number of benzene rings is 1. The quantitative estimate of drug-likeness (QED) is 0.854. The molecular weight excluding hydrogens is 248 g/mol. The summed E-state index contributed by atoms with van der Waals surface area (Å²) in [7, 11) is 0. The summed E-state index contributed by atoms with van der Waals surface area (Å²) in [6.07, 6.45) is 0.741. The van der Waals surface area contributed by atoms with Gasteiger partial charge in [-0.05, 0) is 49.1 Å². The van der Waals surface area contributed by atoms with Crippen molar-refractivity contribution in [3.63, 3.8) is 0 Å². The van der Waals surface area contributed by atoms with Crippen LogP contribution in [0.25, 0.3) is 11.3 Å². The first kappa shape index (κ1) is 12.2. The van der Waals surface area contributed by atoms with Crippen LogP contribution in [0.1, 0.15) is 29.3 Å². The molecule has 1 heterocycles. The Morgan fingerprint density at radius 1 is 1.26 bits per heavy atom. The molecule has 19 heavy (non-hydrogen) atoms. The van der Waals surface area contributed by atoms with Crippen LogP contribution >= 0.6 is 0 Å². The number of pyridine rings is 1. The Bertz CT molecular complexity index is 635.